The summed E-state index contributed by atoms with van der Waals surface area (Å²) >= 11 is 1.16. The van der Waals surface area contributed by atoms with E-state index in [1.165, 1.54) is 25.3 Å². The Bertz CT molecular complexity index is 660. The number of thiazole rings is 1. The molecule has 0 bridgehead atoms. The minimum atomic E-state index is -0.498. The number of nitrogens with zero attached hydrogens (tertiary/aromatic N) is 1. The second-order valence-electron chi connectivity index (χ2n) is 4.07. The largest absolute Gasteiger partial charge is 0.494 e. The third-order valence-electron chi connectivity index (χ3n) is 2.60. The summed E-state index contributed by atoms with van der Waals surface area (Å²) in [5.41, 5.74) is 6.13. The maximum Gasteiger partial charge on any atom is 0.269 e. The van der Waals surface area contributed by atoms with Crippen molar-refractivity contribution in [1.29, 1.82) is 0 Å². The molecule has 2 rings (SSSR count). The molecule has 21 heavy (non-hydrogen) atoms. The molecule has 8 heteroatoms. The topological polar surface area (TPSA) is 89.3 Å². The number of carbonyl (C=O) groups excluding carboxylic acids is 1. The molecule has 1 heterocycles. The van der Waals surface area contributed by atoms with Gasteiger partial charge in [-0.1, -0.05) is 11.3 Å². The van der Waals surface area contributed by atoms with Gasteiger partial charge in [-0.3, -0.25) is 4.79 Å². The number of hydrogen-bond donors (Lipinski definition) is 3. The van der Waals surface area contributed by atoms with Crippen LogP contribution in [0, 0.1) is 5.82 Å². The number of anilines is 3. The van der Waals surface area contributed by atoms with Crippen LogP contribution in [0.15, 0.2) is 18.2 Å². The number of nitrogen functional groups attached to an aromatic ring is 1. The van der Waals surface area contributed by atoms with Crippen molar-refractivity contribution in [2.45, 2.75) is 6.92 Å². The lowest BCUT2D eigenvalue weighted by atomic mass is 10.3. The van der Waals surface area contributed by atoms with Gasteiger partial charge in [0.15, 0.2) is 16.7 Å². The Labute approximate surface area is 125 Å². The number of carbonyl (C=O) groups is 1. The standard InChI is InChI=1S/C13H15FN4O2S/c1-3-16-13-18-11(15)10(21-13)12(19)17-7-4-5-8(14)9(6-7)20-2/h4-6H,3,15H2,1-2H3,(H,16,18)(H,17,19). The van der Waals surface area contributed by atoms with E-state index in [4.69, 9.17) is 10.5 Å². The van der Waals surface area contributed by atoms with Crippen LogP contribution in [0.25, 0.3) is 0 Å². The van der Waals surface area contributed by atoms with Crippen LogP contribution in [0.2, 0.25) is 0 Å². The predicted octanol–water partition coefficient (Wildman–Crippen LogP) is 2.56. The fraction of sp³-hybridized carbons (Fsp3) is 0.231. The number of nitrogens with one attached hydrogen (secondary N) is 2. The Balaban J connectivity index is 2.17. The molecule has 1 amide bonds. The van der Waals surface area contributed by atoms with Crippen molar-refractivity contribution >= 4 is 33.9 Å². The molecule has 0 radical (unpaired) electrons. The van der Waals surface area contributed by atoms with Crippen LogP contribution in [0.4, 0.5) is 21.0 Å². The zero-order valence-electron chi connectivity index (χ0n) is 11.6. The first-order chi connectivity index (χ1) is 10.0. The molecular weight excluding hydrogens is 295 g/mol. The van der Waals surface area contributed by atoms with Gasteiger partial charge in [0.2, 0.25) is 0 Å². The van der Waals surface area contributed by atoms with E-state index >= 15 is 0 Å². The molecule has 0 unspecified atom stereocenters. The SMILES string of the molecule is CCNc1nc(N)c(C(=O)Nc2ccc(F)c(OC)c2)s1. The first-order valence-corrected chi connectivity index (χ1v) is 7.01. The number of aromatic nitrogens is 1. The van der Waals surface area contributed by atoms with Crippen molar-refractivity contribution in [1.82, 2.24) is 4.98 Å². The molecule has 0 saturated carbocycles. The molecule has 0 spiro atoms. The lowest BCUT2D eigenvalue weighted by Crippen LogP contribution is -2.12. The van der Waals surface area contributed by atoms with Crippen molar-refractivity contribution in [3.63, 3.8) is 0 Å². The Morgan fingerprint density at radius 1 is 1.52 bits per heavy atom. The van der Waals surface area contributed by atoms with E-state index in [2.05, 4.69) is 15.6 Å². The zero-order valence-corrected chi connectivity index (χ0v) is 12.4. The Morgan fingerprint density at radius 2 is 2.29 bits per heavy atom. The summed E-state index contributed by atoms with van der Waals surface area (Å²) in [6, 6.07) is 4.06. The van der Waals surface area contributed by atoms with Gasteiger partial charge in [0.25, 0.3) is 5.91 Å². The summed E-state index contributed by atoms with van der Waals surface area (Å²) < 4.78 is 18.2. The second kappa shape index (κ2) is 6.40. The van der Waals surface area contributed by atoms with Crippen LogP contribution in [0.3, 0.4) is 0 Å². The third-order valence-corrected chi connectivity index (χ3v) is 3.62. The molecule has 112 valence electrons. The van der Waals surface area contributed by atoms with Gasteiger partial charge in [-0.05, 0) is 19.1 Å². The lowest BCUT2D eigenvalue weighted by Gasteiger charge is -2.07. The predicted molar refractivity (Wildman–Crippen MR) is 81.6 cm³/mol. The highest BCUT2D eigenvalue weighted by Crippen LogP contribution is 2.27. The average molecular weight is 310 g/mol. The minimum absolute atomic E-state index is 0.0541. The molecule has 2 aromatic rings. The lowest BCUT2D eigenvalue weighted by molar-refractivity contribution is 0.103. The smallest absolute Gasteiger partial charge is 0.269 e. The average Bonchev–Trinajstić information content (AvgIpc) is 2.82. The summed E-state index contributed by atoms with van der Waals surface area (Å²) in [6.07, 6.45) is 0. The first kappa shape index (κ1) is 15.0. The molecule has 4 N–H and O–H groups in total. The van der Waals surface area contributed by atoms with Crippen molar-refractivity contribution in [3.05, 3.63) is 28.9 Å². The van der Waals surface area contributed by atoms with Gasteiger partial charge in [0.1, 0.15) is 10.7 Å². The van der Waals surface area contributed by atoms with E-state index in [9.17, 15) is 9.18 Å². The van der Waals surface area contributed by atoms with E-state index in [1.807, 2.05) is 6.92 Å². The molecular formula is C13H15FN4O2S. The van der Waals surface area contributed by atoms with Gasteiger partial charge in [-0.25, -0.2) is 9.37 Å². The number of ether oxygens (including phenoxy) is 1. The molecule has 1 aromatic heterocycles. The Morgan fingerprint density at radius 3 is 2.95 bits per heavy atom. The fourth-order valence-electron chi connectivity index (χ4n) is 1.65. The van der Waals surface area contributed by atoms with Crippen LogP contribution in [-0.2, 0) is 0 Å². The van der Waals surface area contributed by atoms with Crippen molar-refractivity contribution in [3.8, 4) is 5.75 Å². The summed E-state index contributed by atoms with van der Waals surface area (Å²) in [5.74, 6) is -0.689. The normalized spacial score (nSPS) is 10.2. The molecule has 0 atom stereocenters. The molecule has 0 saturated heterocycles. The molecule has 0 aliphatic rings. The monoisotopic (exact) mass is 310 g/mol. The summed E-state index contributed by atoms with van der Waals surface area (Å²) in [5, 5.41) is 6.20. The maximum atomic E-state index is 13.3. The summed E-state index contributed by atoms with van der Waals surface area (Å²) in [4.78, 5) is 16.5. The van der Waals surface area contributed by atoms with Crippen molar-refractivity contribution in [2.75, 3.05) is 30.0 Å². The number of methoxy groups -OCH3 is 1. The number of rotatable bonds is 5. The summed E-state index contributed by atoms with van der Waals surface area (Å²) in [6.45, 7) is 2.60. The van der Waals surface area contributed by atoms with E-state index in [0.29, 0.717) is 22.2 Å². The van der Waals surface area contributed by atoms with Gasteiger partial charge in [0, 0.05) is 18.3 Å². The van der Waals surface area contributed by atoms with Gasteiger partial charge in [0.05, 0.1) is 7.11 Å². The molecule has 0 fully saturated rings. The second-order valence-corrected chi connectivity index (χ2v) is 5.07. The minimum Gasteiger partial charge on any atom is -0.494 e. The maximum absolute atomic E-state index is 13.3. The number of amides is 1. The van der Waals surface area contributed by atoms with E-state index in [-0.39, 0.29) is 11.6 Å². The van der Waals surface area contributed by atoms with Gasteiger partial charge in [-0.15, -0.1) is 0 Å². The van der Waals surface area contributed by atoms with Crippen LogP contribution >= 0.6 is 11.3 Å². The highest BCUT2D eigenvalue weighted by Gasteiger charge is 2.16. The first-order valence-electron chi connectivity index (χ1n) is 6.20. The molecule has 1 aromatic carbocycles. The van der Waals surface area contributed by atoms with Crippen LogP contribution in [0.1, 0.15) is 16.6 Å². The zero-order chi connectivity index (χ0) is 15.4. The van der Waals surface area contributed by atoms with E-state index < -0.39 is 11.7 Å². The number of nitrogens with two attached hydrogens (primary N) is 1. The van der Waals surface area contributed by atoms with Gasteiger partial charge < -0.3 is 21.1 Å². The highest BCUT2D eigenvalue weighted by atomic mass is 32.1. The third kappa shape index (κ3) is 3.40. The molecule has 0 aliphatic heterocycles. The highest BCUT2D eigenvalue weighted by molar-refractivity contribution is 7.18. The van der Waals surface area contributed by atoms with Crippen LogP contribution in [-0.4, -0.2) is 24.5 Å². The van der Waals surface area contributed by atoms with E-state index in [0.717, 1.165) is 11.3 Å². The molecule has 0 aliphatic carbocycles. The number of halogens is 1. The quantitative estimate of drug-likeness (QED) is 0.790. The van der Waals surface area contributed by atoms with Crippen molar-refractivity contribution in [2.24, 2.45) is 0 Å². The van der Waals surface area contributed by atoms with Gasteiger partial charge in [-0.2, -0.15) is 0 Å². The Kier molecular flexibility index (Phi) is 4.59. The summed E-state index contributed by atoms with van der Waals surface area (Å²) in [7, 11) is 1.36. The number of benzene rings is 1. The molecule has 6 nitrogen and oxygen atoms in total. The van der Waals surface area contributed by atoms with Gasteiger partial charge >= 0.3 is 0 Å². The van der Waals surface area contributed by atoms with E-state index in [1.54, 1.807) is 0 Å². The van der Waals surface area contributed by atoms with Crippen LogP contribution < -0.4 is 21.1 Å². The Hall–Kier alpha value is -2.35. The fourth-order valence-corrected chi connectivity index (χ4v) is 2.49. The van der Waals surface area contributed by atoms with Crippen LogP contribution in [0.5, 0.6) is 5.75 Å². The number of hydrogen-bond acceptors (Lipinski definition) is 6. The van der Waals surface area contributed by atoms with Crippen molar-refractivity contribution < 1.29 is 13.9 Å².